The van der Waals surface area contributed by atoms with Gasteiger partial charge in [0.25, 0.3) is 0 Å². The van der Waals surface area contributed by atoms with Crippen molar-refractivity contribution in [1.82, 2.24) is 4.90 Å². The van der Waals surface area contributed by atoms with Crippen LogP contribution in [0.3, 0.4) is 0 Å². The largest absolute Gasteiger partial charge is 0.504 e. The number of nitrogens with zero attached hydrogens (tertiary/aromatic N) is 1. The van der Waals surface area contributed by atoms with Crippen LogP contribution in [0.1, 0.15) is 44.1 Å². The molecule has 1 aliphatic carbocycles. The van der Waals surface area contributed by atoms with Crippen molar-refractivity contribution in [2.24, 2.45) is 0 Å². The molecular formula is C16H23NO4. The fourth-order valence-electron chi connectivity index (χ4n) is 3.29. The summed E-state index contributed by atoms with van der Waals surface area (Å²) in [4.78, 5) is 13.3. The number of phenols is 2. The van der Waals surface area contributed by atoms with E-state index < -0.39 is 5.97 Å². The summed E-state index contributed by atoms with van der Waals surface area (Å²) in [5.41, 5.74) is 0.556. The minimum Gasteiger partial charge on any atom is -0.504 e. The second-order valence-electron chi connectivity index (χ2n) is 6.03. The van der Waals surface area contributed by atoms with Crippen LogP contribution < -0.4 is 0 Å². The summed E-state index contributed by atoms with van der Waals surface area (Å²) in [6.45, 7) is 0.557. The quantitative estimate of drug-likeness (QED) is 0.727. The molecule has 5 heteroatoms. The Kier molecular flexibility index (Phi) is 4.73. The number of phenolic OH excluding ortho intramolecular Hbond substituents is 2. The second-order valence-corrected chi connectivity index (χ2v) is 6.03. The van der Waals surface area contributed by atoms with Gasteiger partial charge in [-0.15, -0.1) is 0 Å². The molecular weight excluding hydrogens is 270 g/mol. The molecule has 1 fully saturated rings. The van der Waals surface area contributed by atoms with Crippen LogP contribution in [-0.2, 0) is 11.3 Å². The van der Waals surface area contributed by atoms with Crippen LogP contribution in [0.2, 0.25) is 0 Å². The van der Waals surface area contributed by atoms with Gasteiger partial charge < -0.3 is 15.3 Å². The average Bonchev–Trinajstić information content (AvgIpc) is 2.43. The number of benzene rings is 1. The molecule has 1 aromatic rings. The SMILES string of the molecule is CN(Cc1ccc(O)c(O)c1)C1(CC(=O)O)CCCCC1. The van der Waals surface area contributed by atoms with E-state index in [0.29, 0.717) is 6.54 Å². The molecule has 0 aromatic heterocycles. The topological polar surface area (TPSA) is 81.0 Å². The van der Waals surface area contributed by atoms with Gasteiger partial charge in [0.05, 0.1) is 6.42 Å². The maximum Gasteiger partial charge on any atom is 0.305 e. The van der Waals surface area contributed by atoms with Crippen molar-refractivity contribution < 1.29 is 20.1 Å². The van der Waals surface area contributed by atoms with Gasteiger partial charge in [0, 0.05) is 12.1 Å². The predicted molar refractivity (Wildman–Crippen MR) is 79.3 cm³/mol. The minimum atomic E-state index is -0.766. The summed E-state index contributed by atoms with van der Waals surface area (Å²) in [5, 5.41) is 28.2. The maximum atomic E-state index is 11.2. The second kappa shape index (κ2) is 6.35. The summed E-state index contributed by atoms with van der Waals surface area (Å²) in [5.74, 6) is -1.05. The van der Waals surface area contributed by atoms with Gasteiger partial charge in [-0.25, -0.2) is 0 Å². The van der Waals surface area contributed by atoms with Crippen LogP contribution >= 0.6 is 0 Å². The Hall–Kier alpha value is -1.75. The van der Waals surface area contributed by atoms with Gasteiger partial charge >= 0.3 is 5.97 Å². The lowest BCUT2D eigenvalue weighted by Gasteiger charge is -2.44. The highest BCUT2D eigenvalue weighted by Crippen LogP contribution is 2.37. The Labute approximate surface area is 124 Å². The van der Waals surface area contributed by atoms with Gasteiger partial charge in [0.15, 0.2) is 11.5 Å². The minimum absolute atomic E-state index is 0.140. The zero-order chi connectivity index (χ0) is 15.5. The van der Waals surface area contributed by atoms with Crippen LogP contribution in [0.5, 0.6) is 11.5 Å². The molecule has 1 saturated carbocycles. The normalized spacial score (nSPS) is 17.8. The Morgan fingerprint density at radius 3 is 2.43 bits per heavy atom. The zero-order valence-corrected chi connectivity index (χ0v) is 12.4. The van der Waals surface area contributed by atoms with Crippen LogP contribution in [0, 0.1) is 0 Å². The number of carbonyl (C=O) groups is 1. The molecule has 0 atom stereocenters. The van der Waals surface area contributed by atoms with Gasteiger partial charge in [-0.1, -0.05) is 25.3 Å². The third-order valence-electron chi connectivity index (χ3n) is 4.53. The lowest BCUT2D eigenvalue weighted by atomic mass is 9.78. The molecule has 1 aromatic carbocycles. The molecule has 0 heterocycles. The highest BCUT2D eigenvalue weighted by Gasteiger charge is 2.38. The molecule has 2 rings (SSSR count). The smallest absolute Gasteiger partial charge is 0.305 e. The number of hydrogen-bond donors (Lipinski definition) is 3. The molecule has 0 bridgehead atoms. The first-order valence-electron chi connectivity index (χ1n) is 7.37. The van der Waals surface area contributed by atoms with E-state index in [-0.39, 0.29) is 23.5 Å². The Morgan fingerprint density at radius 1 is 1.19 bits per heavy atom. The van der Waals surface area contributed by atoms with E-state index in [9.17, 15) is 20.1 Å². The molecule has 0 amide bonds. The first kappa shape index (κ1) is 15.6. The molecule has 116 valence electrons. The first-order chi connectivity index (χ1) is 9.93. The third kappa shape index (κ3) is 3.67. The number of aliphatic carboxylic acids is 1. The van der Waals surface area contributed by atoms with Crippen molar-refractivity contribution in [3.05, 3.63) is 23.8 Å². The lowest BCUT2D eigenvalue weighted by molar-refractivity contribution is -0.141. The van der Waals surface area contributed by atoms with E-state index in [4.69, 9.17) is 0 Å². The van der Waals surface area contributed by atoms with E-state index >= 15 is 0 Å². The van der Waals surface area contributed by atoms with E-state index in [1.54, 1.807) is 6.07 Å². The predicted octanol–water partition coefficient (Wildman–Crippen LogP) is 2.71. The summed E-state index contributed by atoms with van der Waals surface area (Å²) < 4.78 is 0. The van der Waals surface area contributed by atoms with Crippen LogP contribution in [0.15, 0.2) is 18.2 Å². The molecule has 0 saturated heterocycles. The molecule has 0 radical (unpaired) electrons. The van der Waals surface area contributed by atoms with E-state index in [2.05, 4.69) is 4.90 Å². The highest BCUT2D eigenvalue weighted by molar-refractivity contribution is 5.68. The van der Waals surface area contributed by atoms with Crippen molar-refractivity contribution in [2.75, 3.05) is 7.05 Å². The van der Waals surface area contributed by atoms with Gasteiger partial charge in [-0.05, 0) is 37.6 Å². The van der Waals surface area contributed by atoms with Crippen molar-refractivity contribution >= 4 is 5.97 Å². The lowest BCUT2D eigenvalue weighted by Crippen LogP contribution is -2.49. The average molecular weight is 293 g/mol. The molecule has 0 spiro atoms. The summed E-state index contributed by atoms with van der Waals surface area (Å²) in [6, 6.07) is 4.75. The van der Waals surface area contributed by atoms with Gasteiger partial charge in [-0.3, -0.25) is 9.69 Å². The van der Waals surface area contributed by atoms with Gasteiger partial charge in [0.2, 0.25) is 0 Å². The van der Waals surface area contributed by atoms with Gasteiger partial charge in [-0.2, -0.15) is 0 Å². The number of carboxylic acids is 1. The fraction of sp³-hybridized carbons (Fsp3) is 0.562. The van der Waals surface area contributed by atoms with Crippen molar-refractivity contribution in [3.8, 4) is 11.5 Å². The Balaban J connectivity index is 2.15. The summed E-state index contributed by atoms with van der Waals surface area (Å²) >= 11 is 0. The monoisotopic (exact) mass is 293 g/mol. The van der Waals surface area contributed by atoms with Crippen molar-refractivity contribution in [2.45, 2.75) is 50.6 Å². The number of rotatable bonds is 5. The van der Waals surface area contributed by atoms with Gasteiger partial charge in [0.1, 0.15) is 0 Å². The molecule has 0 unspecified atom stereocenters. The Morgan fingerprint density at radius 2 is 1.86 bits per heavy atom. The molecule has 5 nitrogen and oxygen atoms in total. The summed E-state index contributed by atoms with van der Waals surface area (Å²) in [7, 11) is 1.94. The molecule has 21 heavy (non-hydrogen) atoms. The van der Waals surface area contributed by atoms with E-state index in [0.717, 1.165) is 37.7 Å². The first-order valence-corrected chi connectivity index (χ1v) is 7.37. The molecule has 1 aliphatic rings. The van der Waals surface area contributed by atoms with Crippen LogP contribution in [0.4, 0.5) is 0 Å². The standard InChI is InChI=1S/C16H23NO4/c1-17(11-12-5-6-13(18)14(19)9-12)16(10-15(20)21)7-3-2-4-8-16/h5-6,9,18-19H,2-4,7-8,10-11H2,1H3,(H,20,21). The Bertz CT molecular complexity index is 509. The number of aromatic hydroxyl groups is 2. The molecule has 3 N–H and O–H groups in total. The maximum absolute atomic E-state index is 11.2. The molecule has 0 aliphatic heterocycles. The van der Waals surface area contributed by atoms with Crippen LogP contribution in [-0.4, -0.2) is 38.8 Å². The number of carboxylic acid groups (broad SMARTS) is 1. The summed E-state index contributed by atoms with van der Waals surface area (Å²) in [6.07, 6.45) is 5.19. The van der Waals surface area contributed by atoms with Crippen molar-refractivity contribution in [3.63, 3.8) is 0 Å². The van der Waals surface area contributed by atoms with E-state index in [1.807, 2.05) is 7.05 Å². The zero-order valence-electron chi connectivity index (χ0n) is 12.4. The van der Waals surface area contributed by atoms with Crippen LogP contribution in [0.25, 0.3) is 0 Å². The van der Waals surface area contributed by atoms with Crippen molar-refractivity contribution in [1.29, 1.82) is 0 Å². The third-order valence-corrected chi connectivity index (χ3v) is 4.53. The fourth-order valence-corrected chi connectivity index (χ4v) is 3.29. The van der Waals surface area contributed by atoms with E-state index in [1.165, 1.54) is 12.1 Å². The highest BCUT2D eigenvalue weighted by atomic mass is 16.4. The number of hydrogen-bond acceptors (Lipinski definition) is 4.